The number of carbonyl (C=O) groups excluding carboxylic acids is 3. The molecule has 9 heteroatoms. The fourth-order valence-electron chi connectivity index (χ4n) is 7.12. The smallest absolute Gasteiger partial charge is 0.338 e. The van der Waals surface area contributed by atoms with Gasteiger partial charge in [0.05, 0.1) is 18.7 Å². The first kappa shape index (κ1) is 31.7. The van der Waals surface area contributed by atoms with E-state index in [-0.39, 0.29) is 29.8 Å². The van der Waals surface area contributed by atoms with Crippen LogP contribution in [0.4, 0.5) is 10.5 Å². The zero-order valence-corrected chi connectivity index (χ0v) is 25.8. The van der Waals surface area contributed by atoms with E-state index in [1.165, 1.54) is 0 Å². The molecule has 0 aromatic heterocycles. The summed E-state index contributed by atoms with van der Waals surface area (Å²) in [5.41, 5.74) is 0.815. The van der Waals surface area contributed by atoms with Gasteiger partial charge in [0.25, 0.3) is 0 Å². The van der Waals surface area contributed by atoms with Crippen molar-refractivity contribution >= 4 is 23.6 Å². The minimum absolute atomic E-state index is 0.0417. The predicted octanol–water partition coefficient (Wildman–Crippen LogP) is 4.88. The molecule has 2 saturated heterocycles. The van der Waals surface area contributed by atoms with Crippen molar-refractivity contribution in [3.05, 3.63) is 78.4 Å². The first-order valence-electron chi connectivity index (χ1n) is 16.1. The summed E-state index contributed by atoms with van der Waals surface area (Å²) >= 11 is 0. The standard InChI is InChI=1S/C35H46N4O5/c1-3-20-39(34(42)36-30-16-14-27(15-17-30)33(41)44-4-2)31-18-21-37(22-19-31)23-29-24-38(32(40)26-10-8-9-11-26)25-35(29,43)28-12-6-5-7-13-28/h3,5-7,12-17,26,29,31,43H,1,4,8-11,18-25H2,2H3,(H,36,42)/t29-,35-/m0/s1. The number of rotatable bonds is 10. The lowest BCUT2D eigenvalue weighted by Gasteiger charge is -2.40. The molecule has 9 nitrogen and oxygen atoms in total. The third kappa shape index (κ3) is 7.16. The molecule has 3 amide bonds. The Hall–Kier alpha value is -3.69. The molecular weight excluding hydrogens is 556 g/mol. The van der Waals surface area contributed by atoms with E-state index < -0.39 is 11.6 Å². The van der Waals surface area contributed by atoms with E-state index in [2.05, 4.69) is 16.8 Å². The Bertz CT molecular complexity index is 1290. The molecule has 3 aliphatic rings. The summed E-state index contributed by atoms with van der Waals surface area (Å²) in [6.45, 7) is 9.51. The number of β-amino-alcohol motifs (C(OH)–C–C–N with tert-alkyl or cyclic N) is 1. The van der Waals surface area contributed by atoms with Crippen LogP contribution in [0.2, 0.25) is 0 Å². The summed E-state index contributed by atoms with van der Waals surface area (Å²) in [6.07, 6.45) is 7.44. The van der Waals surface area contributed by atoms with Crippen LogP contribution < -0.4 is 5.32 Å². The number of hydrogen-bond acceptors (Lipinski definition) is 6. The molecule has 2 heterocycles. The van der Waals surface area contributed by atoms with Gasteiger partial charge in [0, 0.05) is 56.3 Å². The SMILES string of the molecule is C=CCN(C(=O)Nc1ccc(C(=O)OCC)cc1)C1CCN(C[C@H]2CN(C(=O)C3CCCC3)C[C@]2(O)c2ccccc2)CC1. The van der Waals surface area contributed by atoms with Crippen molar-refractivity contribution in [1.29, 1.82) is 0 Å². The van der Waals surface area contributed by atoms with E-state index in [4.69, 9.17) is 4.74 Å². The van der Waals surface area contributed by atoms with Crippen LogP contribution in [0.1, 0.15) is 61.4 Å². The number of amides is 3. The second-order valence-electron chi connectivity index (χ2n) is 12.4. The number of aliphatic hydroxyl groups is 1. The van der Waals surface area contributed by atoms with Gasteiger partial charge in [-0.1, -0.05) is 49.2 Å². The number of hydrogen-bond donors (Lipinski definition) is 2. The fraction of sp³-hybridized carbons (Fsp3) is 0.514. The first-order chi connectivity index (χ1) is 21.3. The van der Waals surface area contributed by atoms with Crippen LogP contribution in [0.3, 0.4) is 0 Å². The summed E-state index contributed by atoms with van der Waals surface area (Å²) < 4.78 is 5.04. The molecule has 0 unspecified atom stereocenters. The lowest BCUT2D eigenvalue weighted by atomic mass is 9.83. The van der Waals surface area contributed by atoms with Gasteiger partial charge >= 0.3 is 12.0 Å². The van der Waals surface area contributed by atoms with Gasteiger partial charge in [-0.25, -0.2) is 9.59 Å². The molecule has 44 heavy (non-hydrogen) atoms. The summed E-state index contributed by atoms with van der Waals surface area (Å²) in [6, 6.07) is 16.3. The van der Waals surface area contributed by atoms with E-state index >= 15 is 0 Å². The molecule has 2 N–H and O–H groups in total. The van der Waals surface area contributed by atoms with Crippen molar-refractivity contribution in [2.24, 2.45) is 11.8 Å². The predicted molar refractivity (Wildman–Crippen MR) is 170 cm³/mol. The van der Waals surface area contributed by atoms with Gasteiger partial charge in [0.1, 0.15) is 5.60 Å². The van der Waals surface area contributed by atoms with Crippen LogP contribution in [0, 0.1) is 11.8 Å². The van der Waals surface area contributed by atoms with Crippen molar-refractivity contribution in [1.82, 2.24) is 14.7 Å². The number of ether oxygens (including phenoxy) is 1. The van der Waals surface area contributed by atoms with Gasteiger partial charge in [-0.15, -0.1) is 6.58 Å². The van der Waals surface area contributed by atoms with E-state index in [1.54, 1.807) is 37.3 Å². The summed E-state index contributed by atoms with van der Waals surface area (Å²) in [5.74, 6) is -0.211. The Kier molecular flexibility index (Phi) is 10.4. The fourth-order valence-corrected chi connectivity index (χ4v) is 7.12. The molecule has 3 fully saturated rings. The molecule has 5 rings (SSSR count). The average molecular weight is 603 g/mol. The van der Waals surface area contributed by atoms with Crippen LogP contribution in [0.25, 0.3) is 0 Å². The maximum atomic E-state index is 13.4. The Morgan fingerprint density at radius 1 is 1.05 bits per heavy atom. The first-order valence-corrected chi connectivity index (χ1v) is 16.1. The second kappa shape index (κ2) is 14.4. The zero-order chi connectivity index (χ0) is 31.1. The van der Waals surface area contributed by atoms with E-state index in [9.17, 15) is 19.5 Å². The molecule has 236 valence electrons. The molecule has 2 atom stereocenters. The van der Waals surface area contributed by atoms with Crippen molar-refractivity contribution in [2.45, 2.75) is 57.1 Å². The summed E-state index contributed by atoms with van der Waals surface area (Å²) in [4.78, 5) is 44.8. The summed E-state index contributed by atoms with van der Waals surface area (Å²) in [5, 5.41) is 15.1. The number of carbonyl (C=O) groups is 3. The Labute approximate surface area is 260 Å². The van der Waals surface area contributed by atoms with Crippen LogP contribution in [0.15, 0.2) is 67.3 Å². The van der Waals surface area contributed by atoms with E-state index in [0.717, 1.165) is 57.2 Å². The second-order valence-corrected chi connectivity index (χ2v) is 12.4. The Morgan fingerprint density at radius 3 is 2.36 bits per heavy atom. The Balaban J connectivity index is 1.20. The van der Waals surface area contributed by atoms with Crippen molar-refractivity contribution < 1.29 is 24.2 Å². The number of esters is 1. The monoisotopic (exact) mass is 602 g/mol. The minimum Gasteiger partial charge on any atom is -0.462 e. The van der Waals surface area contributed by atoms with Crippen LogP contribution in [-0.4, -0.2) is 89.6 Å². The van der Waals surface area contributed by atoms with Gasteiger partial charge < -0.3 is 29.9 Å². The third-order valence-corrected chi connectivity index (χ3v) is 9.55. The normalized spacial score (nSPS) is 23.0. The molecule has 1 saturated carbocycles. The number of benzene rings is 2. The molecule has 0 spiro atoms. The lowest BCUT2D eigenvalue weighted by Crippen LogP contribution is -2.50. The van der Waals surface area contributed by atoms with Crippen LogP contribution in [0.5, 0.6) is 0 Å². The third-order valence-electron chi connectivity index (χ3n) is 9.55. The average Bonchev–Trinajstić information content (AvgIpc) is 3.70. The maximum Gasteiger partial charge on any atom is 0.338 e. The lowest BCUT2D eigenvalue weighted by molar-refractivity contribution is -0.135. The van der Waals surface area contributed by atoms with Gasteiger partial charge in [-0.3, -0.25) is 4.79 Å². The van der Waals surface area contributed by atoms with Gasteiger partial charge in [0.2, 0.25) is 5.91 Å². The highest BCUT2D eigenvalue weighted by molar-refractivity contribution is 5.92. The number of piperidine rings is 1. The molecule has 2 aromatic rings. The molecule has 2 aromatic carbocycles. The van der Waals surface area contributed by atoms with Crippen molar-refractivity contribution in [2.75, 3.05) is 51.2 Å². The Morgan fingerprint density at radius 2 is 1.73 bits per heavy atom. The number of nitrogens with zero attached hydrogens (tertiary/aromatic N) is 3. The quantitative estimate of drug-likeness (QED) is 0.297. The topological polar surface area (TPSA) is 102 Å². The molecule has 1 aliphatic carbocycles. The van der Waals surface area contributed by atoms with Crippen molar-refractivity contribution in [3.8, 4) is 0 Å². The number of likely N-dealkylation sites (tertiary alicyclic amines) is 2. The van der Waals surface area contributed by atoms with Crippen LogP contribution in [-0.2, 0) is 15.1 Å². The largest absolute Gasteiger partial charge is 0.462 e. The van der Waals surface area contributed by atoms with E-state index in [1.807, 2.05) is 40.1 Å². The van der Waals surface area contributed by atoms with Crippen LogP contribution >= 0.6 is 0 Å². The zero-order valence-electron chi connectivity index (χ0n) is 25.8. The molecule has 0 radical (unpaired) electrons. The number of urea groups is 1. The molecule has 2 aliphatic heterocycles. The number of anilines is 1. The molecular formula is C35H46N4O5. The highest BCUT2D eigenvalue weighted by atomic mass is 16.5. The van der Waals surface area contributed by atoms with Gasteiger partial charge in [0.15, 0.2) is 0 Å². The van der Waals surface area contributed by atoms with Gasteiger partial charge in [-0.2, -0.15) is 0 Å². The minimum atomic E-state index is -1.09. The van der Waals surface area contributed by atoms with E-state index in [0.29, 0.717) is 44.0 Å². The number of nitrogens with one attached hydrogen (secondary N) is 1. The summed E-state index contributed by atoms with van der Waals surface area (Å²) in [7, 11) is 0. The van der Waals surface area contributed by atoms with Crippen molar-refractivity contribution in [3.63, 3.8) is 0 Å². The molecule has 0 bridgehead atoms. The van der Waals surface area contributed by atoms with Gasteiger partial charge in [-0.05, 0) is 62.4 Å². The highest BCUT2D eigenvalue weighted by Crippen LogP contribution is 2.40. The highest BCUT2D eigenvalue weighted by Gasteiger charge is 2.49. The maximum absolute atomic E-state index is 13.4.